The van der Waals surface area contributed by atoms with Crippen molar-refractivity contribution in [2.24, 2.45) is 0 Å². The number of hydrogen-bond donors (Lipinski definition) is 2. The largest absolute Gasteiger partial charge is 0.334 e. The van der Waals surface area contributed by atoms with Gasteiger partial charge in [-0.15, -0.1) is 0 Å². The van der Waals surface area contributed by atoms with Crippen molar-refractivity contribution in [2.45, 2.75) is 38.9 Å². The molecule has 0 aliphatic carbocycles. The first-order chi connectivity index (χ1) is 12.3. The molecule has 132 valence electrons. The summed E-state index contributed by atoms with van der Waals surface area (Å²) in [7, 11) is 0. The third kappa shape index (κ3) is 5.61. The molecule has 1 heterocycles. The maximum atomic E-state index is 12.1. The Hall–Kier alpha value is -2.33. The Morgan fingerprint density at radius 1 is 0.800 bits per heavy atom. The molecule has 2 aromatic rings. The lowest BCUT2D eigenvalue weighted by molar-refractivity contribution is 0.220. The van der Waals surface area contributed by atoms with E-state index in [2.05, 4.69) is 33.7 Å². The summed E-state index contributed by atoms with van der Waals surface area (Å²) in [6.07, 6.45) is 3.94. The highest BCUT2D eigenvalue weighted by Gasteiger charge is 2.12. The van der Waals surface area contributed by atoms with Gasteiger partial charge in [0, 0.05) is 19.6 Å². The zero-order valence-electron chi connectivity index (χ0n) is 14.7. The number of urea groups is 1. The number of likely N-dealkylation sites (tertiary alicyclic amines) is 1. The Morgan fingerprint density at radius 3 is 2.20 bits per heavy atom. The predicted molar refractivity (Wildman–Crippen MR) is 101 cm³/mol. The lowest BCUT2D eigenvalue weighted by Crippen LogP contribution is -2.35. The van der Waals surface area contributed by atoms with Crippen LogP contribution in [-0.2, 0) is 19.6 Å². The molecule has 1 aliphatic heterocycles. The van der Waals surface area contributed by atoms with Gasteiger partial charge in [0.1, 0.15) is 0 Å². The van der Waals surface area contributed by atoms with Crippen LogP contribution in [0.4, 0.5) is 4.79 Å². The zero-order chi connectivity index (χ0) is 17.3. The lowest BCUT2D eigenvalue weighted by atomic mass is 10.0. The van der Waals surface area contributed by atoms with Crippen LogP contribution in [0.15, 0.2) is 54.6 Å². The van der Waals surface area contributed by atoms with E-state index in [4.69, 9.17) is 0 Å². The molecule has 2 amide bonds. The van der Waals surface area contributed by atoms with E-state index in [1.54, 1.807) is 0 Å². The van der Waals surface area contributed by atoms with E-state index in [0.29, 0.717) is 13.1 Å². The summed E-state index contributed by atoms with van der Waals surface area (Å²) in [5, 5.41) is 5.89. The fourth-order valence-electron chi connectivity index (χ4n) is 3.26. The highest BCUT2D eigenvalue weighted by atomic mass is 16.2. The Balaban J connectivity index is 1.49. The van der Waals surface area contributed by atoms with Crippen molar-refractivity contribution in [1.29, 1.82) is 0 Å². The van der Waals surface area contributed by atoms with Crippen LogP contribution in [0.25, 0.3) is 0 Å². The van der Waals surface area contributed by atoms with Gasteiger partial charge in [-0.1, -0.05) is 61.0 Å². The third-order valence-electron chi connectivity index (χ3n) is 4.70. The molecule has 0 unspecified atom stereocenters. The van der Waals surface area contributed by atoms with Crippen LogP contribution in [0.3, 0.4) is 0 Å². The van der Waals surface area contributed by atoms with Gasteiger partial charge < -0.3 is 10.6 Å². The van der Waals surface area contributed by atoms with Crippen LogP contribution < -0.4 is 10.6 Å². The van der Waals surface area contributed by atoms with E-state index >= 15 is 0 Å². The number of nitrogens with zero attached hydrogens (tertiary/aromatic N) is 1. The zero-order valence-corrected chi connectivity index (χ0v) is 14.7. The third-order valence-corrected chi connectivity index (χ3v) is 4.70. The minimum absolute atomic E-state index is 0.128. The molecule has 4 heteroatoms. The average molecular weight is 337 g/mol. The molecule has 2 N–H and O–H groups in total. The van der Waals surface area contributed by atoms with E-state index in [1.165, 1.54) is 43.5 Å². The Labute approximate surface area is 150 Å². The summed E-state index contributed by atoms with van der Waals surface area (Å²) in [5.41, 5.74) is 3.61. The number of carbonyl (C=O) groups excluding carboxylic acids is 1. The summed E-state index contributed by atoms with van der Waals surface area (Å²) >= 11 is 0. The van der Waals surface area contributed by atoms with Crippen LogP contribution in [0, 0.1) is 0 Å². The van der Waals surface area contributed by atoms with E-state index in [-0.39, 0.29) is 6.03 Å². The van der Waals surface area contributed by atoms with Crippen LogP contribution >= 0.6 is 0 Å². The number of benzene rings is 2. The van der Waals surface area contributed by atoms with E-state index in [9.17, 15) is 4.79 Å². The van der Waals surface area contributed by atoms with E-state index < -0.39 is 0 Å². The molecule has 4 nitrogen and oxygen atoms in total. The number of rotatable bonds is 6. The van der Waals surface area contributed by atoms with Gasteiger partial charge in [-0.25, -0.2) is 4.79 Å². The number of amides is 2. The standard InChI is InChI=1S/C21H27N3O/c25-21(22-15-18-9-3-1-4-10-18)23-16-19-11-5-6-12-20(19)17-24-13-7-2-8-14-24/h1,3-6,9-12H,2,7-8,13-17H2,(H2,22,23,25). The molecule has 0 atom stereocenters. The first kappa shape index (κ1) is 17.5. The van der Waals surface area contributed by atoms with E-state index in [0.717, 1.165) is 12.1 Å². The summed E-state index contributed by atoms with van der Waals surface area (Å²) in [6.45, 7) is 4.44. The summed E-state index contributed by atoms with van der Waals surface area (Å²) in [6, 6.07) is 18.2. The van der Waals surface area contributed by atoms with Crippen molar-refractivity contribution in [2.75, 3.05) is 13.1 Å². The minimum Gasteiger partial charge on any atom is -0.334 e. The first-order valence-corrected chi connectivity index (χ1v) is 9.16. The number of piperidine rings is 1. The average Bonchev–Trinajstić information content (AvgIpc) is 2.67. The molecule has 0 spiro atoms. The van der Waals surface area contributed by atoms with Gasteiger partial charge in [-0.05, 0) is 42.6 Å². The number of carbonyl (C=O) groups is 1. The molecular weight excluding hydrogens is 310 g/mol. The van der Waals surface area contributed by atoms with Gasteiger partial charge in [0.05, 0.1) is 0 Å². The molecule has 2 aromatic carbocycles. The second-order valence-corrected chi connectivity index (χ2v) is 6.63. The van der Waals surface area contributed by atoms with E-state index in [1.807, 2.05) is 36.4 Å². The van der Waals surface area contributed by atoms with Crippen molar-refractivity contribution < 1.29 is 4.79 Å². The van der Waals surface area contributed by atoms with Crippen LogP contribution in [0.1, 0.15) is 36.0 Å². The highest BCUT2D eigenvalue weighted by Crippen LogP contribution is 2.16. The van der Waals surface area contributed by atoms with Gasteiger partial charge >= 0.3 is 6.03 Å². The van der Waals surface area contributed by atoms with Crippen LogP contribution in [0.5, 0.6) is 0 Å². The van der Waals surface area contributed by atoms with Crippen molar-refractivity contribution in [3.63, 3.8) is 0 Å². The van der Waals surface area contributed by atoms with Crippen molar-refractivity contribution in [1.82, 2.24) is 15.5 Å². The van der Waals surface area contributed by atoms with Crippen molar-refractivity contribution in [3.8, 4) is 0 Å². The Bertz CT molecular complexity index is 666. The number of nitrogens with one attached hydrogen (secondary N) is 2. The molecule has 0 aromatic heterocycles. The van der Waals surface area contributed by atoms with Gasteiger partial charge in [0.25, 0.3) is 0 Å². The predicted octanol–water partition coefficient (Wildman–Crippen LogP) is 3.67. The summed E-state index contributed by atoms with van der Waals surface area (Å²) in [4.78, 5) is 14.6. The number of hydrogen-bond acceptors (Lipinski definition) is 2. The van der Waals surface area contributed by atoms with Gasteiger partial charge in [0.2, 0.25) is 0 Å². The molecule has 0 radical (unpaired) electrons. The Morgan fingerprint density at radius 2 is 1.44 bits per heavy atom. The maximum absolute atomic E-state index is 12.1. The maximum Gasteiger partial charge on any atom is 0.315 e. The van der Waals surface area contributed by atoms with Crippen molar-refractivity contribution in [3.05, 3.63) is 71.3 Å². The molecule has 3 rings (SSSR count). The summed E-state index contributed by atoms with van der Waals surface area (Å²) < 4.78 is 0. The molecule has 1 aliphatic rings. The lowest BCUT2D eigenvalue weighted by Gasteiger charge is -2.27. The fraction of sp³-hybridized carbons (Fsp3) is 0.381. The SMILES string of the molecule is O=C(NCc1ccccc1)NCc1ccccc1CN1CCCCC1. The summed E-state index contributed by atoms with van der Waals surface area (Å²) in [5.74, 6) is 0. The quantitative estimate of drug-likeness (QED) is 0.845. The van der Waals surface area contributed by atoms with Gasteiger partial charge in [0.15, 0.2) is 0 Å². The molecule has 25 heavy (non-hydrogen) atoms. The van der Waals surface area contributed by atoms with Gasteiger partial charge in [-0.2, -0.15) is 0 Å². The molecular formula is C21H27N3O. The second-order valence-electron chi connectivity index (χ2n) is 6.63. The molecule has 0 bridgehead atoms. The fourth-order valence-corrected chi connectivity index (χ4v) is 3.26. The monoisotopic (exact) mass is 337 g/mol. The Kier molecular flexibility index (Phi) is 6.46. The molecule has 1 fully saturated rings. The highest BCUT2D eigenvalue weighted by molar-refractivity contribution is 5.73. The topological polar surface area (TPSA) is 44.4 Å². The van der Waals surface area contributed by atoms with Crippen LogP contribution in [0.2, 0.25) is 0 Å². The van der Waals surface area contributed by atoms with Crippen LogP contribution in [-0.4, -0.2) is 24.0 Å². The smallest absolute Gasteiger partial charge is 0.315 e. The molecule has 1 saturated heterocycles. The van der Waals surface area contributed by atoms with Crippen molar-refractivity contribution >= 4 is 6.03 Å². The normalized spacial score (nSPS) is 14.9. The molecule has 0 saturated carbocycles. The second kappa shape index (κ2) is 9.23. The minimum atomic E-state index is -0.128. The first-order valence-electron chi connectivity index (χ1n) is 9.16. The van der Waals surface area contributed by atoms with Gasteiger partial charge in [-0.3, -0.25) is 4.90 Å².